The minimum absolute atomic E-state index is 0.000683. The summed E-state index contributed by atoms with van der Waals surface area (Å²) in [7, 11) is 0. The monoisotopic (exact) mass is 627 g/mol. The van der Waals surface area contributed by atoms with Gasteiger partial charge in [0.2, 0.25) is 11.8 Å². The number of thiophene rings is 1. The van der Waals surface area contributed by atoms with Crippen LogP contribution in [-0.2, 0) is 25.7 Å². The summed E-state index contributed by atoms with van der Waals surface area (Å²) in [5.74, 6) is -3.24. The van der Waals surface area contributed by atoms with Crippen LogP contribution in [0, 0.1) is 17.8 Å². The largest absolute Gasteiger partial charge is 0.508 e. The average molecular weight is 629 g/mol. The number of likely N-dealkylation sites (tertiary alicyclic amines) is 1. The first-order valence-corrected chi connectivity index (χ1v) is 14.0. The maximum atomic E-state index is 13.7. The van der Waals surface area contributed by atoms with E-state index in [1.165, 1.54) is 22.3 Å². The molecular formula is C27H19Br2NO5S. The lowest BCUT2D eigenvalue weighted by Crippen LogP contribution is -2.39. The van der Waals surface area contributed by atoms with Crippen LogP contribution in [0.1, 0.15) is 29.2 Å². The zero-order chi connectivity index (χ0) is 25.3. The van der Waals surface area contributed by atoms with Crippen molar-refractivity contribution in [1.82, 2.24) is 4.90 Å². The summed E-state index contributed by atoms with van der Waals surface area (Å²) in [6.07, 6.45) is 3.80. The van der Waals surface area contributed by atoms with E-state index in [2.05, 4.69) is 31.9 Å². The standard InChI is InChI=1S/C27H19Br2NO5S/c28-12-3-6-20(31)17(8-12)22-14-4-5-15-23(27(35)30(26(15)34)11-13-2-1-7-36-13)16(14)9-18-24(22)21(32)10-19(29)25(18)33/h1-4,6-8,10,15-16,22-23,31H,5,9,11H2. The van der Waals surface area contributed by atoms with Gasteiger partial charge < -0.3 is 5.11 Å². The lowest BCUT2D eigenvalue weighted by Gasteiger charge is -2.42. The Hall–Kier alpha value is -2.62. The molecule has 1 aromatic heterocycles. The molecular weight excluding hydrogens is 610 g/mol. The number of hydrogen-bond donors (Lipinski definition) is 1. The Balaban J connectivity index is 1.48. The third-order valence-corrected chi connectivity index (χ3v) is 9.56. The maximum Gasteiger partial charge on any atom is 0.234 e. The summed E-state index contributed by atoms with van der Waals surface area (Å²) in [5.41, 5.74) is 1.99. The van der Waals surface area contributed by atoms with Crippen molar-refractivity contribution < 1.29 is 24.3 Å². The highest BCUT2D eigenvalue weighted by Gasteiger charge is 2.56. The summed E-state index contributed by atoms with van der Waals surface area (Å²) >= 11 is 8.17. The number of ketones is 2. The van der Waals surface area contributed by atoms with Crippen LogP contribution >= 0.6 is 43.2 Å². The molecule has 4 unspecified atom stereocenters. The molecule has 1 saturated heterocycles. The quantitative estimate of drug-likeness (QED) is 0.287. The van der Waals surface area contributed by atoms with Gasteiger partial charge >= 0.3 is 0 Å². The Morgan fingerprint density at radius 1 is 1.06 bits per heavy atom. The molecule has 6 rings (SSSR count). The SMILES string of the molecule is O=C1C=C(Br)C(=O)C2=C1C(c1cc(Br)ccc1O)C1=CCC3C(=O)N(Cc4cccs4)C(=O)C3C1C2. The van der Waals surface area contributed by atoms with Crippen molar-refractivity contribution in [2.45, 2.75) is 25.3 Å². The second-order valence-electron chi connectivity index (χ2n) is 9.44. The predicted octanol–water partition coefficient (Wildman–Crippen LogP) is 5.18. The molecule has 4 atom stereocenters. The number of Topliss-reactive ketones (excluding diaryl/α,β-unsaturated/α-hetero) is 1. The Labute approximate surface area is 227 Å². The normalized spacial score (nSPS) is 27.6. The van der Waals surface area contributed by atoms with Crippen molar-refractivity contribution in [3.63, 3.8) is 0 Å². The number of fused-ring (bicyclic) bond motifs is 3. The highest BCUT2D eigenvalue weighted by molar-refractivity contribution is 9.12. The average Bonchev–Trinajstić information content (AvgIpc) is 3.45. The predicted molar refractivity (Wildman–Crippen MR) is 140 cm³/mol. The zero-order valence-electron chi connectivity index (χ0n) is 18.7. The van der Waals surface area contributed by atoms with Crippen LogP contribution in [0.3, 0.4) is 0 Å². The van der Waals surface area contributed by atoms with Crippen molar-refractivity contribution in [3.05, 3.63) is 84.0 Å². The van der Waals surface area contributed by atoms with Gasteiger partial charge in [0.25, 0.3) is 0 Å². The molecule has 36 heavy (non-hydrogen) atoms. The molecule has 0 radical (unpaired) electrons. The number of nitrogens with zero attached hydrogens (tertiary/aromatic N) is 1. The molecule has 0 spiro atoms. The lowest BCUT2D eigenvalue weighted by molar-refractivity contribution is -0.140. The molecule has 1 aliphatic heterocycles. The molecule has 6 nitrogen and oxygen atoms in total. The molecule has 0 saturated carbocycles. The van der Waals surface area contributed by atoms with Crippen molar-refractivity contribution in [2.24, 2.45) is 17.8 Å². The van der Waals surface area contributed by atoms with E-state index in [1.54, 1.807) is 18.2 Å². The molecule has 1 N–H and O–H groups in total. The van der Waals surface area contributed by atoms with E-state index in [0.717, 1.165) is 14.9 Å². The Morgan fingerprint density at radius 3 is 2.61 bits per heavy atom. The van der Waals surface area contributed by atoms with Gasteiger partial charge in [0.15, 0.2) is 11.6 Å². The van der Waals surface area contributed by atoms with E-state index < -0.39 is 23.7 Å². The van der Waals surface area contributed by atoms with Crippen LogP contribution in [0.25, 0.3) is 0 Å². The smallest absolute Gasteiger partial charge is 0.234 e. The number of phenolic OH excluding ortho intramolecular Hbond substituents is 1. The molecule has 4 aliphatic rings. The maximum absolute atomic E-state index is 13.7. The Kier molecular flexibility index (Phi) is 5.77. The fourth-order valence-corrected chi connectivity index (χ4v) is 7.62. The van der Waals surface area contributed by atoms with Gasteiger partial charge in [-0.25, -0.2) is 0 Å². The van der Waals surface area contributed by atoms with Crippen LogP contribution in [0.15, 0.2) is 73.5 Å². The van der Waals surface area contributed by atoms with Crippen LogP contribution in [0.4, 0.5) is 0 Å². The lowest BCUT2D eigenvalue weighted by atomic mass is 9.59. The number of allylic oxidation sites excluding steroid dienone is 6. The summed E-state index contributed by atoms with van der Waals surface area (Å²) < 4.78 is 0.894. The summed E-state index contributed by atoms with van der Waals surface area (Å²) in [5, 5.41) is 12.7. The number of benzene rings is 1. The molecule has 2 aromatic rings. The molecule has 2 amide bonds. The van der Waals surface area contributed by atoms with Crippen molar-refractivity contribution in [1.29, 1.82) is 0 Å². The molecule has 182 valence electrons. The molecule has 1 fully saturated rings. The molecule has 1 aromatic carbocycles. The number of hydrogen-bond acceptors (Lipinski definition) is 6. The fraction of sp³-hybridized carbons (Fsp3) is 0.259. The third kappa shape index (κ3) is 3.55. The Bertz CT molecular complexity index is 1450. The Morgan fingerprint density at radius 2 is 1.86 bits per heavy atom. The van der Waals surface area contributed by atoms with E-state index in [-0.39, 0.29) is 46.6 Å². The van der Waals surface area contributed by atoms with Gasteiger partial charge in [0.1, 0.15) is 5.75 Å². The van der Waals surface area contributed by atoms with Gasteiger partial charge in [-0.05, 0) is 64.3 Å². The van der Waals surface area contributed by atoms with Crippen LogP contribution in [-0.4, -0.2) is 33.4 Å². The fourth-order valence-electron chi connectivity index (χ4n) is 6.10. The van der Waals surface area contributed by atoms with Gasteiger partial charge in [-0.2, -0.15) is 0 Å². The van der Waals surface area contributed by atoms with Crippen LogP contribution in [0.2, 0.25) is 0 Å². The second-order valence-corrected chi connectivity index (χ2v) is 12.2. The highest BCUT2D eigenvalue weighted by Crippen LogP contribution is 2.56. The van der Waals surface area contributed by atoms with Crippen molar-refractivity contribution in [3.8, 4) is 5.75 Å². The van der Waals surface area contributed by atoms with Crippen molar-refractivity contribution >= 4 is 66.6 Å². The summed E-state index contributed by atoms with van der Waals surface area (Å²) in [4.78, 5) is 55.8. The van der Waals surface area contributed by atoms with Gasteiger partial charge in [-0.3, -0.25) is 24.1 Å². The van der Waals surface area contributed by atoms with E-state index in [1.807, 2.05) is 23.6 Å². The first-order chi connectivity index (χ1) is 17.3. The minimum Gasteiger partial charge on any atom is -0.508 e. The first-order valence-electron chi connectivity index (χ1n) is 11.5. The second kappa shape index (κ2) is 8.75. The number of aromatic hydroxyl groups is 1. The van der Waals surface area contributed by atoms with Gasteiger partial charge in [0, 0.05) is 38.1 Å². The highest BCUT2D eigenvalue weighted by atomic mass is 79.9. The minimum atomic E-state index is -0.681. The topological polar surface area (TPSA) is 91.8 Å². The van der Waals surface area contributed by atoms with Gasteiger partial charge in [-0.15, -0.1) is 11.3 Å². The number of imide groups is 1. The van der Waals surface area contributed by atoms with Gasteiger partial charge in [0.05, 0.1) is 22.9 Å². The van der Waals surface area contributed by atoms with E-state index in [0.29, 0.717) is 23.1 Å². The molecule has 2 heterocycles. The van der Waals surface area contributed by atoms with Crippen molar-refractivity contribution in [2.75, 3.05) is 0 Å². The zero-order valence-corrected chi connectivity index (χ0v) is 22.7. The third-order valence-electron chi connectivity index (χ3n) is 7.62. The number of amides is 2. The van der Waals surface area contributed by atoms with Crippen LogP contribution in [0.5, 0.6) is 5.75 Å². The molecule has 9 heteroatoms. The van der Waals surface area contributed by atoms with E-state index in [4.69, 9.17) is 0 Å². The number of carbonyl (C=O) groups excluding carboxylic acids is 4. The molecule has 0 bridgehead atoms. The molecule has 3 aliphatic carbocycles. The van der Waals surface area contributed by atoms with E-state index >= 15 is 0 Å². The van der Waals surface area contributed by atoms with E-state index in [9.17, 15) is 24.3 Å². The number of halogens is 2. The number of rotatable bonds is 3. The van der Waals surface area contributed by atoms with Gasteiger partial charge in [-0.1, -0.05) is 33.6 Å². The summed E-state index contributed by atoms with van der Waals surface area (Å²) in [6.45, 7) is 0.236. The number of carbonyl (C=O) groups is 4. The first kappa shape index (κ1) is 23.8. The van der Waals surface area contributed by atoms with Crippen LogP contribution < -0.4 is 0 Å². The number of phenols is 1. The summed E-state index contributed by atoms with van der Waals surface area (Å²) in [6, 6.07) is 8.78.